The highest BCUT2D eigenvalue weighted by Gasteiger charge is 2.14. The minimum atomic E-state index is -0.322. The molecule has 0 radical (unpaired) electrons. The summed E-state index contributed by atoms with van der Waals surface area (Å²) in [5.41, 5.74) is 1.84. The van der Waals surface area contributed by atoms with Gasteiger partial charge in [0.05, 0.1) is 5.69 Å². The van der Waals surface area contributed by atoms with Crippen molar-refractivity contribution in [2.75, 3.05) is 0 Å². The maximum absolute atomic E-state index is 12.3. The number of halogens is 2. The van der Waals surface area contributed by atoms with Crippen molar-refractivity contribution in [1.29, 1.82) is 5.26 Å². The van der Waals surface area contributed by atoms with E-state index in [1.165, 1.54) is 0 Å². The minimum Gasteiger partial charge on any atom is -0.276 e. The third-order valence-corrected chi connectivity index (χ3v) is 4.58. The Labute approximate surface area is 146 Å². The number of rotatable bonds is 2. The van der Waals surface area contributed by atoms with Crippen molar-refractivity contribution in [3.63, 3.8) is 0 Å². The Kier molecular flexibility index (Phi) is 4.44. The summed E-state index contributed by atoms with van der Waals surface area (Å²) in [6.07, 6.45) is 0. The SMILES string of the molecule is N#Cc1c(-c2ccc(Cl)cc2)nc(-c2ccc(Cl)cc2)sc1=O. The van der Waals surface area contributed by atoms with Crippen LogP contribution in [0.15, 0.2) is 53.3 Å². The maximum atomic E-state index is 12.3. The number of nitriles is 1. The summed E-state index contributed by atoms with van der Waals surface area (Å²) in [4.78, 5) is 16.8. The van der Waals surface area contributed by atoms with E-state index in [0.717, 1.165) is 16.9 Å². The van der Waals surface area contributed by atoms with Crippen LogP contribution in [0.2, 0.25) is 10.0 Å². The lowest BCUT2D eigenvalue weighted by atomic mass is 10.1. The second kappa shape index (κ2) is 6.51. The lowest BCUT2D eigenvalue weighted by Gasteiger charge is -2.06. The summed E-state index contributed by atoms with van der Waals surface area (Å²) in [5, 5.41) is 11.0. The fourth-order valence-electron chi connectivity index (χ4n) is 2.05. The molecule has 0 aliphatic carbocycles. The molecule has 0 bridgehead atoms. The minimum absolute atomic E-state index is 0.0371. The summed E-state index contributed by atoms with van der Waals surface area (Å²) >= 11 is 12.7. The van der Waals surface area contributed by atoms with Crippen LogP contribution < -0.4 is 4.74 Å². The number of hydrogen-bond donors (Lipinski definition) is 0. The number of benzene rings is 2. The Morgan fingerprint density at radius 3 is 1.96 bits per heavy atom. The van der Waals surface area contributed by atoms with E-state index in [9.17, 15) is 10.1 Å². The second-order valence-corrected chi connectivity index (χ2v) is 6.49. The molecule has 0 atom stereocenters. The van der Waals surface area contributed by atoms with Gasteiger partial charge < -0.3 is 0 Å². The molecule has 2 aromatic carbocycles. The largest absolute Gasteiger partial charge is 0.276 e. The zero-order chi connectivity index (χ0) is 16.4. The van der Waals surface area contributed by atoms with Gasteiger partial charge in [-0.3, -0.25) is 4.79 Å². The van der Waals surface area contributed by atoms with Crippen molar-refractivity contribution >= 4 is 34.5 Å². The molecule has 0 amide bonds. The predicted molar refractivity (Wildman–Crippen MR) is 94.0 cm³/mol. The zero-order valence-corrected chi connectivity index (χ0v) is 13.9. The van der Waals surface area contributed by atoms with Gasteiger partial charge in [-0.2, -0.15) is 5.26 Å². The van der Waals surface area contributed by atoms with Gasteiger partial charge in [-0.25, -0.2) is 4.98 Å². The van der Waals surface area contributed by atoms with Crippen molar-refractivity contribution in [2.24, 2.45) is 0 Å². The molecule has 3 rings (SSSR count). The molecule has 1 aromatic heterocycles. The van der Waals surface area contributed by atoms with Gasteiger partial charge in [-0.1, -0.05) is 58.8 Å². The van der Waals surface area contributed by atoms with Gasteiger partial charge in [0.15, 0.2) is 0 Å². The maximum Gasteiger partial charge on any atom is 0.254 e. The van der Waals surface area contributed by atoms with Crippen LogP contribution in [0, 0.1) is 11.3 Å². The Bertz CT molecular complexity index is 958. The number of nitrogens with zero attached hydrogens (tertiary/aromatic N) is 2. The van der Waals surface area contributed by atoms with E-state index in [1.807, 2.05) is 6.07 Å². The first-order valence-electron chi connectivity index (χ1n) is 6.55. The first-order chi connectivity index (χ1) is 11.1. The van der Waals surface area contributed by atoms with Crippen LogP contribution >= 0.6 is 34.5 Å². The predicted octanol–water partition coefficient (Wildman–Crippen LogP) is 5.02. The van der Waals surface area contributed by atoms with Gasteiger partial charge in [-0.15, -0.1) is 0 Å². The monoisotopic (exact) mass is 358 g/mol. The third kappa shape index (κ3) is 3.27. The van der Waals surface area contributed by atoms with Gasteiger partial charge in [0.25, 0.3) is 4.74 Å². The zero-order valence-electron chi connectivity index (χ0n) is 11.6. The van der Waals surface area contributed by atoms with E-state index in [1.54, 1.807) is 48.5 Å². The van der Waals surface area contributed by atoms with Crippen molar-refractivity contribution in [1.82, 2.24) is 4.98 Å². The highest BCUT2D eigenvalue weighted by molar-refractivity contribution is 7.12. The van der Waals surface area contributed by atoms with E-state index >= 15 is 0 Å². The van der Waals surface area contributed by atoms with Crippen molar-refractivity contribution in [3.8, 4) is 27.9 Å². The van der Waals surface area contributed by atoms with E-state index in [2.05, 4.69) is 4.98 Å². The average molecular weight is 359 g/mol. The molecule has 0 N–H and O–H groups in total. The standard InChI is InChI=1S/C17H8Cl2N2OS/c18-12-5-1-10(2-6-12)15-14(9-20)17(22)23-16(21-15)11-3-7-13(19)8-4-11/h1-8H. The van der Waals surface area contributed by atoms with E-state index < -0.39 is 0 Å². The molecule has 0 saturated carbocycles. The first-order valence-corrected chi connectivity index (χ1v) is 8.13. The molecule has 0 saturated heterocycles. The number of aromatic nitrogens is 1. The van der Waals surface area contributed by atoms with Gasteiger partial charge >= 0.3 is 0 Å². The molecule has 0 spiro atoms. The molecule has 3 nitrogen and oxygen atoms in total. The molecule has 0 fully saturated rings. The Balaban J connectivity index is 2.22. The van der Waals surface area contributed by atoms with Gasteiger partial charge in [0, 0.05) is 21.2 Å². The summed E-state index contributed by atoms with van der Waals surface area (Å²) in [5.74, 6) is 0. The summed E-state index contributed by atoms with van der Waals surface area (Å²) < 4.78 is -0.322. The molecule has 23 heavy (non-hydrogen) atoms. The van der Waals surface area contributed by atoms with Gasteiger partial charge in [0.1, 0.15) is 16.6 Å². The molecule has 0 unspecified atom stereocenters. The van der Waals surface area contributed by atoms with Crippen LogP contribution in [-0.4, -0.2) is 4.98 Å². The smallest absolute Gasteiger partial charge is 0.254 e. The number of hydrogen-bond acceptors (Lipinski definition) is 4. The van der Waals surface area contributed by atoms with E-state index in [0.29, 0.717) is 26.3 Å². The van der Waals surface area contributed by atoms with Crippen LogP contribution in [0.4, 0.5) is 0 Å². The third-order valence-electron chi connectivity index (χ3n) is 3.16. The molecule has 6 heteroatoms. The fraction of sp³-hybridized carbons (Fsp3) is 0. The highest BCUT2D eigenvalue weighted by atomic mass is 35.5. The highest BCUT2D eigenvalue weighted by Crippen LogP contribution is 2.27. The van der Waals surface area contributed by atoms with Crippen LogP contribution in [0.3, 0.4) is 0 Å². The van der Waals surface area contributed by atoms with Crippen LogP contribution in [-0.2, 0) is 0 Å². The average Bonchev–Trinajstić information content (AvgIpc) is 2.55. The Hall–Kier alpha value is -2.19. The second-order valence-electron chi connectivity index (χ2n) is 4.66. The van der Waals surface area contributed by atoms with Gasteiger partial charge in [0.2, 0.25) is 0 Å². The quantitative estimate of drug-likeness (QED) is 0.646. The summed E-state index contributed by atoms with van der Waals surface area (Å²) in [6.45, 7) is 0. The fourth-order valence-corrected chi connectivity index (χ4v) is 3.11. The van der Waals surface area contributed by atoms with Gasteiger partial charge in [-0.05, 0) is 24.3 Å². The Morgan fingerprint density at radius 2 is 1.43 bits per heavy atom. The van der Waals surface area contributed by atoms with Crippen LogP contribution in [0.25, 0.3) is 21.8 Å². The molecule has 3 aromatic rings. The van der Waals surface area contributed by atoms with Crippen LogP contribution in [0.5, 0.6) is 0 Å². The van der Waals surface area contributed by atoms with Crippen molar-refractivity contribution in [2.45, 2.75) is 0 Å². The lowest BCUT2D eigenvalue weighted by molar-refractivity contribution is 1.33. The van der Waals surface area contributed by atoms with E-state index in [4.69, 9.17) is 23.2 Å². The van der Waals surface area contributed by atoms with Crippen LogP contribution in [0.1, 0.15) is 5.56 Å². The van der Waals surface area contributed by atoms with Crippen molar-refractivity contribution < 1.29 is 0 Å². The van der Waals surface area contributed by atoms with E-state index in [-0.39, 0.29) is 10.3 Å². The molecular weight excluding hydrogens is 351 g/mol. The molecule has 112 valence electrons. The first kappa shape index (κ1) is 15.7. The molecule has 0 aliphatic heterocycles. The Morgan fingerprint density at radius 1 is 0.913 bits per heavy atom. The lowest BCUT2D eigenvalue weighted by Crippen LogP contribution is -2.06. The van der Waals surface area contributed by atoms with Crippen molar-refractivity contribution in [3.05, 3.63) is 73.7 Å². The normalized spacial score (nSPS) is 10.3. The molecular formula is C17H8Cl2N2OS. The molecule has 0 aliphatic rings. The molecule has 1 heterocycles. The summed E-state index contributed by atoms with van der Waals surface area (Å²) in [7, 11) is 0. The topological polar surface area (TPSA) is 53.8 Å². The summed E-state index contributed by atoms with van der Waals surface area (Å²) in [6, 6.07) is 15.9.